The summed E-state index contributed by atoms with van der Waals surface area (Å²) in [7, 11) is 4.07. The van der Waals surface area contributed by atoms with E-state index in [2.05, 4.69) is 23.5 Å². The molecule has 0 aromatic heterocycles. The molecule has 1 nitrogen and oxygen atoms in total. The molecule has 2 aromatic carbocycles. The van der Waals surface area contributed by atoms with E-state index in [-0.39, 0.29) is 16.9 Å². The van der Waals surface area contributed by atoms with Crippen molar-refractivity contribution in [2.75, 3.05) is 14.1 Å². The maximum atomic E-state index is 13.2. The van der Waals surface area contributed by atoms with Crippen molar-refractivity contribution in [1.29, 1.82) is 0 Å². The normalized spacial score (nSPS) is 12.7. The number of rotatable bonds is 5. The predicted molar refractivity (Wildman–Crippen MR) is 82.4 cm³/mol. The predicted octanol–water partition coefficient (Wildman–Crippen LogP) is 4.20. The van der Waals surface area contributed by atoms with Crippen LogP contribution in [0.2, 0.25) is 5.02 Å². The topological polar surface area (TPSA) is 3.24 Å². The fraction of sp³-hybridized carbons (Fsp3) is 0.235. The highest BCUT2D eigenvalue weighted by molar-refractivity contribution is 6.30. The Morgan fingerprint density at radius 2 is 1.85 bits per heavy atom. The molecule has 2 aromatic rings. The standard InChI is InChI=1S/C17H18ClFN/c1-20(2)15(10-13-6-4-3-5-7-13)11-14-8-9-17(19)16(18)12-14/h3-9,11-12,15H,10H2,1-2H3. The van der Waals surface area contributed by atoms with E-state index in [1.165, 1.54) is 11.6 Å². The Balaban J connectivity index is 2.11. The highest BCUT2D eigenvalue weighted by Gasteiger charge is 2.14. The van der Waals surface area contributed by atoms with Crippen LogP contribution in [0.25, 0.3) is 0 Å². The Morgan fingerprint density at radius 3 is 2.45 bits per heavy atom. The second-order valence-corrected chi connectivity index (χ2v) is 5.47. The lowest BCUT2D eigenvalue weighted by Crippen LogP contribution is -2.30. The lowest BCUT2D eigenvalue weighted by Gasteiger charge is -2.24. The Hall–Kier alpha value is -1.38. The zero-order valence-corrected chi connectivity index (χ0v) is 12.4. The molecule has 0 aliphatic rings. The first-order valence-corrected chi connectivity index (χ1v) is 6.94. The minimum atomic E-state index is -0.381. The largest absolute Gasteiger partial charge is 0.305 e. The van der Waals surface area contributed by atoms with Crippen molar-refractivity contribution in [1.82, 2.24) is 4.90 Å². The van der Waals surface area contributed by atoms with Gasteiger partial charge in [0.05, 0.1) is 5.02 Å². The summed E-state index contributed by atoms with van der Waals surface area (Å²) in [5.41, 5.74) is 2.21. The van der Waals surface area contributed by atoms with Crippen molar-refractivity contribution in [3.63, 3.8) is 0 Å². The molecule has 3 heteroatoms. The zero-order chi connectivity index (χ0) is 14.5. The summed E-state index contributed by atoms with van der Waals surface area (Å²) < 4.78 is 13.2. The first kappa shape index (κ1) is 15.0. The molecule has 1 unspecified atom stereocenters. The van der Waals surface area contributed by atoms with Crippen LogP contribution in [-0.2, 0) is 6.42 Å². The molecule has 0 saturated carbocycles. The van der Waals surface area contributed by atoms with Gasteiger partial charge in [0, 0.05) is 12.5 Å². The Labute approximate surface area is 125 Å². The summed E-state index contributed by atoms with van der Waals surface area (Å²) in [6, 6.07) is 15.4. The monoisotopic (exact) mass is 290 g/mol. The Morgan fingerprint density at radius 1 is 1.15 bits per heavy atom. The van der Waals surface area contributed by atoms with Gasteiger partial charge in [0.1, 0.15) is 5.82 Å². The van der Waals surface area contributed by atoms with Crippen molar-refractivity contribution in [3.05, 3.63) is 76.9 Å². The van der Waals surface area contributed by atoms with Crippen LogP contribution in [0.15, 0.2) is 48.5 Å². The van der Waals surface area contributed by atoms with E-state index >= 15 is 0 Å². The first-order chi connectivity index (χ1) is 9.56. The number of halogens is 2. The quantitative estimate of drug-likeness (QED) is 0.797. The second-order valence-electron chi connectivity index (χ2n) is 5.06. The number of nitrogens with zero attached hydrogens (tertiary/aromatic N) is 1. The van der Waals surface area contributed by atoms with Crippen molar-refractivity contribution in [3.8, 4) is 0 Å². The fourth-order valence-corrected chi connectivity index (χ4v) is 2.27. The van der Waals surface area contributed by atoms with Crippen molar-refractivity contribution in [2.24, 2.45) is 0 Å². The smallest absolute Gasteiger partial charge is 0.141 e. The molecule has 0 aliphatic carbocycles. The Bertz CT molecular complexity index is 554. The molecule has 0 N–H and O–H groups in total. The van der Waals surface area contributed by atoms with E-state index in [9.17, 15) is 4.39 Å². The summed E-state index contributed by atoms with van der Waals surface area (Å²) in [6.07, 6.45) is 3.02. The van der Waals surface area contributed by atoms with Gasteiger partial charge in [-0.2, -0.15) is 0 Å². The molecule has 0 fully saturated rings. The van der Waals surface area contributed by atoms with Gasteiger partial charge in [-0.3, -0.25) is 0 Å². The van der Waals surface area contributed by atoms with Crippen LogP contribution in [-0.4, -0.2) is 25.0 Å². The van der Waals surface area contributed by atoms with Crippen LogP contribution in [0.4, 0.5) is 4.39 Å². The zero-order valence-electron chi connectivity index (χ0n) is 11.7. The average Bonchev–Trinajstić information content (AvgIpc) is 2.43. The van der Waals surface area contributed by atoms with Gasteiger partial charge in [-0.25, -0.2) is 4.39 Å². The molecular weight excluding hydrogens is 273 g/mol. The lowest BCUT2D eigenvalue weighted by molar-refractivity contribution is 0.328. The maximum Gasteiger partial charge on any atom is 0.141 e. The molecule has 0 amide bonds. The van der Waals surface area contributed by atoms with E-state index in [4.69, 9.17) is 11.6 Å². The summed E-state index contributed by atoms with van der Waals surface area (Å²) in [5.74, 6) is -0.381. The number of hydrogen-bond acceptors (Lipinski definition) is 1. The second kappa shape index (κ2) is 6.87. The summed E-state index contributed by atoms with van der Waals surface area (Å²) >= 11 is 5.83. The van der Waals surface area contributed by atoms with Crippen LogP contribution < -0.4 is 0 Å². The van der Waals surface area contributed by atoms with Crippen molar-refractivity contribution < 1.29 is 4.39 Å². The molecule has 105 valence electrons. The minimum Gasteiger partial charge on any atom is -0.305 e. The van der Waals surface area contributed by atoms with E-state index < -0.39 is 0 Å². The minimum absolute atomic E-state index is 0.163. The third kappa shape index (κ3) is 4.06. The summed E-state index contributed by atoms with van der Waals surface area (Å²) in [6.45, 7) is 0. The Kier molecular flexibility index (Phi) is 5.16. The van der Waals surface area contributed by atoms with E-state index in [1.54, 1.807) is 12.1 Å². The summed E-state index contributed by atoms with van der Waals surface area (Å²) in [4.78, 5) is 2.14. The van der Waals surface area contributed by atoms with E-state index in [1.807, 2.05) is 32.3 Å². The van der Waals surface area contributed by atoms with Gasteiger partial charge in [0.2, 0.25) is 0 Å². The van der Waals surface area contributed by atoms with Crippen molar-refractivity contribution in [2.45, 2.75) is 12.5 Å². The van der Waals surface area contributed by atoms with Gasteiger partial charge >= 0.3 is 0 Å². The summed E-state index contributed by atoms with van der Waals surface area (Å²) in [5, 5.41) is 0.163. The highest BCUT2D eigenvalue weighted by atomic mass is 35.5. The van der Waals surface area contributed by atoms with Gasteiger partial charge < -0.3 is 4.90 Å². The van der Waals surface area contributed by atoms with Crippen LogP contribution in [0.3, 0.4) is 0 Å². The molecule has 2 rings (SSSR count). The van der Waals surface area contributed by atoms with Gasteiger partial charge in [-0.15, -0.1) is 0 Å². The highest BCUT2D eigenvalue weighted by Crippen LogP contribution is 2.20. The number of likely N-dealkylation sites (N-methyl/N-ethyl adjacent to an activating group) is 1. The van der Waals surface area contributed by atoms with E-state index in [0.29, 0.717) is 0 Å². The fourth-order valence-electron chi connectivity index (χ4n) is 2.08. The van der Waals surface area contributed by atoms with Crippen molar-refractivity contribution >= 4 is 11.6 Å². The molecule has 0 saturated heterocycles. The third-order valence-corrected chi connectivity index (χ3v) is 3.57. The van der Waals surface area contributed by atoms with Gasteiger partial charge in [0.25, 0.3) is 0 Å². The lowest BCUT2D eigenvalue weighted by atomic mass is 9.98. The molecule has 0 heterocycles. The van der Waals surface area contributed by atoms with Gasteiger partial charge in [-0.1, -0.05) is 48.0 Å². The van der Waals surface area contributed by atoms with Crippen LogP contribution in [0.1, 0.15) is 11.1 Å². The van der Waals surface area contributed by atoms with Crippen LogP contribution in [0.5, 0.6) is 0 Å². The molecular formula is C17H18ClFN. The van der Waals surface area contributed by atoms with E-state index in [0.717, 1.165) is 12.0 Å². The van der Waals surface area contributed by atoms with Crippen LogP contribution in [0, 0.1) is 12.2 Å². The molecule has 0 spiro atoms. The third-order valence-electron chi connectivity index (χ3n) is 3.28. The molecule has 20 heavy (non-hydrogen) atoms. The molecule has 1 atom stereocenters. The SMILES string of the molecule is CN(C)C([CH]c1ccc(F)c(Cl)c1)Cc1ccccc1. The maximum absolute atomic E-state index is 13.2. The average molecular weight is 291 g/mol. The molecule has 0 aliphatic heterocycles. The van der Waals surface area contributed by atoms with Gasteiger partial charge in [-0.05, 0) is 43.8 Å². The number of hydrogen-bond donors (Lipinski definition) is 0. The van der Waals surface area contributed by atoms with Gasteiger partial charge in [0.15, 0.2) is 0 Å². The number of benzene rings is 2. The molecule has 1 radical (unpaired) electrons. The first-order valence-electron chi connectivity index (χ1n) is 6.56. The molecule has 0 bridgehead atoms. The van der Waals surface area contributed by atoms with Crippen LogP contribution >= 0.6 is 11.6 Å².